The van der Waals surface area contributed by atoms with Gasteiger partial charge >= 0.3 is 0 Å². The Morgan fingerprint density at radius 2 is 2.40 bits per heavy atom. The van der Waals surface area contributed by atoms with Gasteiger partial charge in [-0.3, -0.25) is 9.78 Å². The van der Waals surface area contributed by atoms with Gasteiger partial charge in [0, 0.05) is 37.1 Å². The Balaban J connectivity index is 1.57. The van der Waals surface area contributed by atoms with Crippen LogP contribution in [0.5, 0.6) is 0 Å². The maximum Gasteiger partial charge on any atom is 0.220 e. The molecule has 0 saturated carbocycles. The van der Waals surface area contributed by atoms with Gasteiger partial charge in [0.25, 0.3) is 0 Å². The second kappa shape index (κ2) is 6.11. The SMILES string of the molecule is O=C1CCC(NCc2csc(-c3ccccn3)n2)CN1. The Bertz CT molecular complexity index is 574. The highest BCUT2D eigenvalue weighted by atomic mass is 32.1. The quantitative estimate of drug-likeness (QED) is 0.896. The smallest absolute Gasteiger partial charge is 0.220 e. The van der Waals surface area contributed by atoms with Crippen molar-refractivity contribution >= 4 is 17.2 Å². The first kappa shape index (κ1) is 13.2. The maximum absolute atomic E-state index is 11.1. The summed E-state index contributed by atoms with van der Waals surface area (Å²) in [6.45, 7) is 1.43. The monoisotopic (exact) mass is 288 g/mol. The normalized spacial score (nSPS) is 18.8. The van der Waals surface area contributed by atoms with Crippen LogP contribution in [0, 0.1) is 0 Å². The van der Waals surface area contributed by atoms with E-state index in [2.05, 4.69) is 26.0 Å². The zero-order chi connectivity index (χ0) is 13.8. The summed E-state index contributed by atoms with van der Waals surface area (Å²) in [5.41, 5.74) is 1.93. The average molecular weight is 288 g/mol. The van der Waals surface area contributed by atoms with Crippen LogP contribution in [0.3, 0.4) is 0 Å². The minimum absolute atomic E-state index is 0.147. The summed E-state index contributed by atoms with van der Waals surface area (Å²) in [6.07, 6.45) is 3.27. The van der Waals surface area contributed by atoms with Crippen molar-refractivity contribution in [1.29, 1.82) is 0 Å². The molecule has 5 nitrogen and oxygen atoms in total. The van der Waals surface area contributed by atoms with E-state index in [1.165, 1.54) is 0 Å². The third-order valence-electron chi connectivity index (χ3n) is 3.27. The van der Waals surface area contributed by atoms with Gasteiger partial charge in [0.2, 0.25) is 5.91 Å². The molecular formula is C14H16N4OS. The van der Waals surface area contributed by atoms with E-state index in [0.717, 1.165) is 29.4 Å². The van der Waals surface area contributed by atoms with E-state index in [0.29, 0.717) is 19.0 Å². The number of nitrogens with one attached hydrogen (secondary N) is 2. The van der Waals surface area contributed by atoms with Gasteiger partial charge in [0.1, 0.15) is 5.01 Å². The Labute approximate surface area is 121 Å². The minimum atomic E-state index is 0.147. The highest BCUT2D eigenvalue weighted by Gasteiger charge is 2.17. The van der Waals surface area contributed by atoms with Gasteiger partial charge < -0.3 is 10.6 Å². The van der Waals surface area contributed by atoms with E-state index >= 15 is 0 Å². The summed E-state index contributed by atoms with van der Waals surface area (Å²) in [5.74, 6) is 0.147. The van der Waals surface area contributed by atoms with Crippen molar-refractivity contribution < 1.29 is 4.79 Å². The molecule has 0 radical (unpaired) electrons. The molecule has 1 aliphatic heterocycles. The molecular weight excluding hydrogens is 272 g/mol. The van der Waals surface area contributed by atoms with E-state index in [1.807, 2.05) is 18.2 Å². The van der Waals surface area contributed by atoms with Crippen LogP contribution in [0.4, 0.5) is 0 Å². The lowest BCUT2D eigenvalue weighted by molar-refractivity contribution is -0.122. The van der Waals surface area contributed by atoms with Crippen molar-refractivity contribution in [3.8, 4) is 10.7 Å². The summed E-state index contributed by atoms with van der Waals surface area (Å²) < 4.78 is 0. The fraction of sp³-hybridized carbons (Fsp3) is 0.357. The van der Waals surface area contributed by atoms with Crippen LogP contribution in [-0.2, 0) is 11.3 Å². The molecule has 0 bridgehead atoms. The highest BCUT2D eigenvalue weighted by Crippen LogP contribution is 2.21. The molecule has 3 rings (SSSR count). The second-order valence-corrected chi connectivity index (χ2v) is 5.64. The fourth-order valence-electron chi connectivity index (χ4n) is 2.15. The molecule has 0 aliphatic carbocycles. The van der Waals surface area contributed by atoms with Crippen LogP contribution in [-0.4, -0.2) is 28.5 Å². The maximum atomic E-state index is 11.1. The number of thiazole rings is 1. The van der Waals surface area contributed by atoms with Crippen LogP contribution in [0.25, 0.3) is 10.7 Å². The number of carbonyl (C=O) groups excluding carboxylic acids is 1. The molecule has 0 aromatic carbocycles. The number of rotatable bonds is 4. The molecule has 3 heterocycles. The van der Waals surface area contributed by atoms with Crippen molar-refractivity contribution in [2.75, 3.05) is 6.54 Å². The molecule has 1 amide bonds. The number of hydrogen-bond donors (Lipinski definition) is 2. The van der Waals surface area contributed by atoms with Crippen LogP contribution in [0.1, 0.15) is 18.5 Å². The number of amides is 1. The van der Waals surface area contributed by atoms with Crippen molar-refractivity contribution in [3.63, 3.8) is 0 Å². The van der Waals surface area contributed by atoms with E-state index in [-0.39, 0.29) is 5.91 Å². The molecule has 1 fully saturated rings. The predicted molar refractivity (Wildman–Crippen MR) is 78.2 cm³/mol. The number of aromatic nitrogens is 2. The van der Waals surface area contributed by atoms with Crippen LogP contribution < -0.4 is 10.6 Å². The standard InChI is InChI=1S/C14H16N4OS/c19-13-5-4-10(7-17-13)16-8-11-9-20-14(18-11)12-3-1-2-6-15-12/h1-3,6,9-10,16H,4-5,7-8H2,(H,17,19). The summed E-state index contributed by atoms with van der Waals surface area (Å²) in [7, 11) is 0. The van der Waals surface area contributed by atoms with E-state index in [9.17, 15) is 4.79 Å². The molecule has 1 atom stereocenters. The number of carbonyl (C=O) groups is 1. The second-order valence-electron chi connectivity index (χ2n) is 4.78. The van der Waals surface area contributed by atoms with Gasteiger partial charge in [-0.2, -0.15) is 0 Å². The molecule has 20 heavy (non-hydrogen) atoms. The van der Waals surface area contributed by atoms with E-state index in [4.69, 9.17) is 0 Å². The van der Waals surface area contributed by atoms with Crippen molar-refractivity contribution in [2.24, 2.45) is 0 Å². The van der Waals surface area contributed by atoms with Crippen molar-refractivity contribution in [1.82, 2.24) is 20.6 Å². The van der Waals surface area contributed by atoms with E-state index in [1.54, 1.807) is 17.5 Å². The lowest BCUT2D eigenvalue weighted by atomic mass is 10.1. The first-order chi connectivity index (χ1) is 9.81. The van der Waals surface area contributed by atoms with Gasteiger partial charge in [0.05, 0.1) is 11.4 Å². The Kier molecular flexibility index (Phi) is 4.03. The topological polar surface area (TPSA) is 66.9 Å². The number of nitrogens with zero attached hydrogens (tertiary/aromatic N) is 2. The third-order valence-corrected chi connectivity index (χ3v) is 4.19. The predicted octanol–water partition coefficient (Wildman–Crippen LogP) is 1.57. The molecule has 0 spiro atoms. The zero-order valence-electron chi connectivity index (χ0n) is 11.0. The van der Waals surface area contributed by atoms with Gasteiger partial charge in [-0.25, -0.2) is 4.98 Å². The first-order valence-electron chi connectivity index (χ1n) is 6.67. The van der Waals surface area contributed by atoms with Crippen LogP contribution in [0.15, 0.2) is 29.8 Å². The Morgan fingerprint density at radius 3 is 3.15 bits per heavy atom. The summed E-state index contributed by atoms with van der Waals surface area (Å²) in [4.78, 5) is 20.0. The van der Waals surface area contributed by atoms with Crippen molar-refractivity contribution in [2.45, 2.75) is 25.4 Å². The first-order valence-corrected chi connectivity index (χ1v) is 7.55. The fourth-order valence-corrected chi connectivity index (χ4v) is 2.95. The molecule has 2 N–H and O–H groups in total. The number of hydrogen-bond acceptors (Lipinski definition) is 5. The van der Waals surface area contributed by atoms with Gasteiger partial charge in [-0.05, 0) is 18.6 Å². The highest BCUT2D eigenvalue weighted by molar-refractivity contribution is 7.13. The van der Waals surface area contributed by atoms with Gasteiger partial charge in [-0.1, -0.05) is 6.07 Å². The Morgan fingerprint density at radius 1 is 1.45 bits per heavy atom. The van der Waals surface area contributed by atoms with E-state index < -0.39 is 0 Å². The summed E-state index contributed by atoms with van der Waals surface area (Å²) in [5, 5.41) is 9.30. The lowest BCUT2D eigenvalue weighted by Crippen LogP contribution is -2.45. The van der Waals surface area contributed by atoms with Crippen LogP contribution >= 0.6 is 11.3 Å². The molecule has 1 saturated heterocycles. The molecule has 1 unspecified atom stereocenters. The van der Waals surface area contributed by atoms with Gasteiger partial charge in [-0.15, -0.1) is 11.3 Å². The average Bonchev–Trinajstić information content (AvgIpc) is 2.97. The molecule has 2 aromatic heterocycles. The van der Waals surface area contributed by atoms with Crippen LogP contribution in [0.2, 0.25) is 0 Å². The third kappa shape index (κ3) is 3.20. The molecule has 1 aliphatic rings. The summed E-state index contributed by atoms with van der Waals surface area (Å²) in [6, 6.07) is 6.17. The lowest BCUT2D eigenvalue weighted by Gasteiger charge is -2.23. The van der Waals surface area contributed by atoms with Crippen molar-refractivity contribution in [3.05, 3.63) is 35.5 Å². The Hall–Kier alpha value is -1.79. The summed E-state index contributed by atoms with van der Waals surface area (Å²) >= 11 is 1.61. The number of piperidine rings is 1. The zero-order valence-corrected chi connectivity index (χ0v) is 11.8. The molecule has 104 valence electrons. The number of pyridine rings is 1. The largest absolute Gasteiger partial charge is 0.355 e. The van der Waals surface area contributed by atoms with Gasteiger partial charge in [0.15, 0.2) is 0 Å². The molecule has 2 aromatic rings. The molecule has 6 heteroatoms. The minimum Gasteiger partial charge on any atom is -0.355 e.